The number of nitrogens with zero attached hydrogens (tertiary/aromatic N) is 5. The van der Waals surface area contributed by atoms with Crippen LogP contribution in [0.15, 0.2) is 30.7 Å². The summed E-state index contributed by atoms with van der Waals surface area (Å²) in [5, 5.41) is 8.20. The van der Waals surface area contributed by atoms with E-state index in [1.807, 2.05) is 38.3 Å². The van der Waals surface area contributed by atoms with Crippen LogP contribution in [-0.2, 0) is 12.1 Å². The highest BCUT2D eigenvalue weighted by Crippen LogP contribution is 2.35. The number of carbonyl (C=O) groups excluding carboxylic acids is 2. The number of nitrogens with one attached hydrogen (secondary N) is 3. The Hall–Kier alpha value is -4.15. The molecule has 1 aliphatic rings. The molecule has 0 bridgehead atoms. The molecule has 1 aromatic carbocycles. The van der Waals surface area contributed by atoms with E-state index in [4.69, 9.17) is 0 Å². The van der Waals surface area contributed by atoms with Crippen molar-refractivity contribution in [2.45, 2.75) is 46.7 Å². The highest BCUT2D eigenvalue weighted by molar-refractivity contribution is 6.07. The molecule has 0 aliphatic carbocycles. The monoisotopic (exact) mass is 494 g/mol. The van der Waals surface area contributed by atoms with Crippen LogP contribution in [0.5, 0.6) is 0 Å². The zero-order valence-corrected chi connectivity index (χ0v) is 21.5. The van der Waals surface area contributed by atoms with Crippen LogP contribution >= 0.6 is 0 Å². The Balaban J connectivity index is 1.59. The van der Waals surface area contributed by atoms with Crippen LogP contribution in [0.4, 0.5) is 42.7 Å². The quantitative estimate of drug-likeness (QED) is 0.470. The maximum atomic E-state index is 14.8. The van der Waals surface area contributed by atoms with E-state index in [1.165, 1.54) is 21.9 Å². The maximum absolute atomic E-state index is 14.8. The van der Waals surface area contributed by atoms with Gasteiger partial charge in [0.1, 0.15) is 11.6 Å². The highest BCUT2D eigenvalue weighted by Gasteiger charge is 2.31. The Morgan fingerprint density at radius 3 is 2.44 bits per heavy atom. The number of urea groups is 2. The van der Waals surface area contributed by atoms with Gasteiger partial charge >= 0.3 is 12.1 Å². The van der Waals surface area contributed by atoms with Gasteiger partial charge in [-0.1, -0.05) is 0 Å². The second-order valence-corrected chi connectivity index (χ2v) is 9.79. The van der Waals surface area contributed by atoms with Gasteiger partial charge in [-0.05, 0) is 52.3 Å². The first-order valence-electron chi connectivity index (χ1n) is 11.5. The van der Waals surface area contributed by atoms with Crippen LogP contribution in [0.1, 0.15) is 37.6 Å². The summed E-state index contributed by atoms with van der Waals surface area (Å²) in [6.07, 6.45) is 3.36. The van der Waals surface area contributed by atoms with E-state index in [1.54, 1.807) is 33.5 Å². The molecule has 2 aromatic heterocycles. The van der Waals surface area contributed by atoms with Crippen LogP contribution in [0.3, 0.4) is 0 Å². The first kappa shape index (κ1) is 25.0. The van der Waals surface area contributed by atoms with Gasteiger partial charge in [0.05, 0.1) is 35.6 Å². The SMILES string of the molecule is CNc1cc2c(cn1)CN(c1cc(NC(=O)Nc3ncn(C(C)(C)C)c3C)c(F)cc1C)C(=O)N2C. The van der Waals surface area contributed by atoms with Gasteiger partial charge in [-0.2, -0.15) is 0 Å². The molecule has 11 heteroatoms. The van der Waals surface area contributed by atoms with E-state index >= 15 is 0 Å². The van der Waals surface area contributed by atoms with E-state index < -0.39 is 11.8 Å². The Morgan fingerprint density at radius 1 is 1.08 bits per heavy atom. The first-order valence-corrected chi connectivity index (χ1v) is 11.5. The molecule has 3 aromatic rings. The van der Waals surface area contributed by atoms with Crippen molar-refractivity contribution in [3.05, 3.63) is 53.4 Å². The summed E-state index contributed by atoms with van der Waals surface area (Å²) in [6, 6.07) is 3.67. The minimum absolute atomic E-state index is 0.0501. The lowest BCUT2D eigenvalue weighted by molar-refractivity contribution is 0.251. The smallest absolute Gasteiger partial charge is 0.329 e. The van der Waals surface area contributed by atoms with Crippen molar-refractivity contribution in [3.8, 4) is 0 Å². The average Bonchev–Trinajstić information content (AvgIpc) is 3.18. The van der Waals surface area contributed by atoms with Gasteiger partial charge in [-0.3, -0.25) is 15.1 Å². The van der Waals surface area contributed by atoms with E-state index in [9.17, 15) is 14.0 Å². The highest BCUT2D eigenvalue weighted by atomic mass is 19.1. The number of aryl methyl sites for hydroxylation is 1. The molecule has 1 aliphatic heterocycles. The predicted octanol–water partition coefficient (Wildman–Crippen LogP) is 5.05. The van der Waals surface area contributed by atoms with Gasteiger partial charge in [-0.25, -0.2) is 23.9 Å². The molecule has 36 heavy (non-hydrogen) atoms. The van der Waals surface area contributed by atoms with Crippen LogP contribution in [0.25, 0.3) is 0 Å². The Morgan fingerprint density at radius 2 is 1.81 bits per heavy atom. The minimum atomic E-state index is -0.637. The molecule has 0 saturated carbocycles. The zero-order chi connectivity index (χ0) is 26.4. The van der Waals surface area contributed by atoms with Crippen molar-refractivity contribution in [1.29, 1.82) is 0 Å². The summed E-state index contributed by atoms with van der Waals surface area (Å²) >= 11 is 0. The van der Waals surface area contributed by atoms with Gasteiger partial charge in [0, 0.05) is 37.5 Å². The molecular formula is C25H31FN8O2. The minimum Gasteiger partial charge on any atom is -0.373 e. The van der Waals surface area contributed by atoms with Crippen molar-refractivity contribution in [1.82, 2.24) is 14.5 Å². The molecule has 0 fully saturated rings. The average molecular weight is 495 g/mol. The third-order valence-corrected chi connectivity index (χ3v) is 6.21. The third kappa shape index (κ3) is 4.56. The number of carbonyl (C=O) groups is 2. The molecule has 0 radical (unpaired) electrons. The fourth-order valence-corrected chi connectivity index (χ4v) is 4.27. The van der Waals surface area contributed by atoms with Gasteiger partial charge in [-0.15, -0.1) is 0 Å². The summed E-state index contributed by atoms with van der Waals surface area (Å²) in [7, 11) is 3.44. The fourth-order valence-electron chi connectivity index (χ4n) is 4.27. The Kier molecular flexibility index (Phi) is 6.33. The molecule has 3 N–H and O–H groups in total. The summed E-state index contributed by atoms with van der Waals surface area (Å²) in [5.41, 5.74) is 3.16. The molecule has 0 atom stereocenters. The third-order valence-electron chi connectivity index (χ3n) is 6.21. The maximum Gasteiger partial charge on any atom is 0.329 e. The fraction of sp³-hybridized carbons (Fsp3) is 0.360. The van der Waals surface area contributed by atoms with E-state index in [-0.39, 0.29) is 23.8 Å². The first-order chi connectivity index (χ1) is 16.9. The molecule has 10 nitrogen and oxygen atoms in total. The zero-order valence-electron chi connectivity index (χ0n) is 21.5. The second kappa shape index (κ2) is 9.14. The standard InChI is InChI=1S/C25H31FN8O2/c1-14-8-17(26)18(30-23(35)31-22-15(2)34(13-29-22)25(3,4)5)9-19(14)33-12-16-11-28-21(27-6)10-20(16)32(7)24(33)36/h8-11,13H,12H2,1-7H3,(H,27,28)(H2,30,31,35). The number of amides is 4. The van der Waals surface area contributed by atoms with Gasteiger partial charge < -0.3 is 15.2 Å². The number of rotatable bonds is 4. The molecule has 190 valence electrons. The normalized spacial score (nSPS) is 13.5. The number of hydrogen-bond acceptors (Lipinski definition) is 5. The number of anilines is 5. The molecule has 0 spiro atoms. The number of aromatic nitrogens is 3. The van der Waals surface area contributed by atoms with Crippen molar-refractivity contribution in [2.75, 3.05) is 39.8 Å². The topological polar surface area (TPSA) is 107 Å². The summed E-state index contributed by atoms with van der Waals surface area (Å²) in [6.45, 7) is 9.92. The van der Waals surface area contributed by atoms with Crippen molar-refractivity contribution in [3.63, 3.8) is 0 Å². The van der Waals surface area contributed by atoms with E-state index in [0.29, 0.717) is 22.9 Å². The van der Waals surface area contributed by atoms with Crippen LogP contribution in [0, 0.1) is 19.7 Å². The lowest BCUT2D eigenvalue weighted by Gasteiger charge is -2.36. The Bertz CT molecular complexity index is 1340. The number of benzene rings is 1. The summed E-state index contributed by atoms with van der Waals surface area (Å²) < 4.78 is 16.8. The molecule has 3 heterocycles. The van der Waals surface area contributed by atoms with Crippen molar-refractivity contribution >= 4 is 40.8 Å². The molecule has 4 amide bonds. The largest absolute Gasteiger partial charge is 0.373 e. The van der Waals surface area contributed by atoms with Crippen LogP contribution in [-0.4, -0.2) is 40.7 Å². The van der Waals surface area contributed by atoms with Crippen molar-refractivity contribution < 1.29 is 14.0 Å². The van der Waals surface area contributed by atoms with E-state index in [2.05, 4.69) is 25.9 Å². The Labute approximate surface area is 209 Å². The summed E-state index contributed by atoms with van der Waals surface area (Å²) in [5.74, 6) is 0.426. The van der Waals surface area contributed by atoms with E-state index in [0.717, 1.165) is 16.9 Å². The molecule has 0 unspecified atom stereocenters. The predicted molar refractivity (Wildman–Crippen MR) is 140 cm³/mol. The molecule has 4 rings (SSSR count). The van der Waals surface area contributed by atoms with Crippen molar-refractivity contribution in [2.24, 2.45) is 0 Å². The number of hydrogen-bond donors (Lipinski definition) is 3. The van der Waals surface area contributed by atoms with Gasteiger partial charge in [0.25, 0.3) is 0 Å². The lowest BCUT2D eigenvalue weighted by atomic mass is 10.1. The number of halogens is 1. The number of fused-ring (bicyclic) bond motifs is 1. The van der Waals surface area contributed by atoms with Crippen LogP contribution < -0.4 is 25.8 Å². The number of imidazole rings is 1. The molecule has 0 saturated heterocycles. The van der Waals surface area contributed by atoms with Gasteiger partial charge in [0.2, 0.25) is 0 Å². The second-order valence-electron chi connectivity index (χ2n) is 9.79. The lowest BCUT2D eigenvalue weighted by Crippen LogP contribution is -2.45. The van der Waals surface area contributed by atoms with Crippen LogP contribution in [0.2, 0.25) is 0 Å². The number of pyridine rings is 1. The summed E-state index contributed by atoms with van der Waals surface area (Å²) in [4.78, 5) is 37.6. The van der Waals surface area contributed by atoms with Gasteiger partial charge in [0.15, 0.2) is 5.82 Å². The molecular weight excluding hydrogens is 463 g/mol.